The first-order chi connectivity index (χ1) is 12.5. The van der Waals surface area contributed by atoms with Crippen LogP contribution in [0.15, 0.2) is 53.4 Å². The molecule has 0 radical (unpaired) electrons. The molecule has 6 nitrogen and oxygen atoms in total. The lowest BCUT2D eigenvalue weighted by molar-refractivity contribution is -0.139. The van der Waals surface area contributed by atoms with Crippen LogP contribution in [0.2, 0.25) is 0 Å². The topological polar surface area (TPSA) is 84.5 Å². The molecule has 136 valence electrons. The molecule has 0 saturated carbocycles. The van der Waals surface area contributed by atoms with E-state index in [0.717, 1.165) is 11.1 Å². The molecule has 0 aliphatic carbocycles. The second kappa shape index (κ2) is 8.25. The number of aryl methyl sites for hydroxylation is 1. The number of esters is 1. The van der Waals surface area contributed by atoms with E-state index in [4.69, 9.17) is 4.74 Å². The zero-order valence-electron chi connectivity index (χ0n) is 14.4. The summed E-state index contributed by atoms with van der Waals surface area (Å²) in [7, 11) is -1.51. The van der Waals surface area contributed by atoms with E-state index < -0.39 is 17.0 Å². The fraction of sp³-hybridized carbons (Fsp3) is 0.263. The van der Waals surface area contributed by atoms with Gasteiger partial charge in [0, 0.05) is 12.1 Å². The number of amides is 1. The summed E-state index contributed by atoms with van der Waals surface area (Å²) >= 11 is 0. The number of carbonyl (C=O) groups is 2. The van der Waals surface area contributed by atoms with Gasteiger partial charge in [-0.1, -0.05) is 24.3 Å². The highest BCUT2D eigenvalue weighted by molar-refractivity contribution is 7.83. The second-order valence-electron chi connectivity index (χ2n) is 6.07. The summed E-state index contributed by atoms with van der Waals surface area (Å²) < 4.78 is 19.9. The first-order valence-electron chi connectivity index (χ1n) is 8.32. The number of rotatable bonds is 6. The molecule has 3 rings (SSSR count). The van der Waals surface area contributed by atoms with Gasteiger partial charge in [-0.25, -0.2) is 8.93 Å². The molecule has 2 atom stereocenters. The molecule has 1 aliphatic rings. The smallest absolute Gasteiger partial charge is 0.324 e. The molecule has 1 fully saturated rings. The predicted molar refractivity (Wildman–Crippen MR) is 98.9 cm³/mol. The first kappa shape index (κ1) is 18.3. The lowest BCUT2D eigenvalue weighted by Crippen LogP contribution is -2.34. The molecule has 2 aromatic carbocycles. The fourth-order valence-corrected chi connectivity index (χ4v) is 3.64. The van der Waals surface area contributed by atoms with Crippen molar-refractivity contribution >= 4 is 28.5 Å². The lowest BCUT2D eigenvalue weighted by atomic mass is 10.1. The number of hydrogen-bond acceptors (Lipinski definition) is 4. The maximum absolute atomic E-state index is 12.3. The number of ether oxygens (including phenoxy) is 1. The third-order valence-corrected chi connectivity index (χ3v) is 5.35. The van der Waals surface area contributed by atoms with Gasteiger partial charge in [0.2, 0.25) is 5.91 Å². The Morgan fingerprint density at radius 3 is 2.58 bits per heavy atom. The van der Waals surface area contributed by atoms with E-state index in [2.05, 4.69) is 10.0 Å². The van der Waals surface area contributed by atoms with E-state index in [-0.39, 0.29) is 11.9 Å². The highest BCUT2D eigenvalue weighted by atomic mass is 32.2. The lowest BCUT2D eigenvalue weighted by Gasteiger charge is -2.10. The van der Waals surface area contributed by atoms with Crippen molar-refractivity contribution in [2.75, 3.05) is 11.9 Å². The SMILES string of the molecule is Cc1ccccc1CC(=O)Nc1ccc(S(=O)NC2CCOC2=O)cc1. The summed E-state index contributed by atoms with van der Waals surface area (Å²) in [6.07, 6.45) is 0.809. The van der Waals surface area contributed by atoms with Gasteiger partial charge in [-0.15, -0.1) is 0 Å². The molecule has 1 amide bonds. The van der Waals surface area contributed by atoms with Gasteiger partial charge in [0.25, 0.3) is 0 Å². The van der Waals surface area contributed by atoms with Gasteiger partial charge >= 0.3 is 5.97 Å². The molecule has 2 aromatic rings. The van der Waals surface area contributed by atoms with Gasteiger partial charge in [-0.2, -0.15) is 0 Å². The zero-order valence-corrected chi connectivity index (χ0v) is 15.2. The largest absolute Gasteiger partial charge is 0.464 e. The predicted octanol–water partition coefficient (Wildman–Crippen LogP) is 2.10. The maximum Gasteiger partial charge on any atom is 0.324 e. The summed E-state index contributed by atoms with van der Waals surface area (Å²) in [5.41, 5.74) is 2.69. The van der Waals surface area contributed by atoms with Crippen LogP contribution < -0.4 is 10.0 Å². The quantitative estimate of drug-likeness (QED) is 0.761. The van der Waals surface area contributed by atoms with E-state index in [1.807, 2.05) is 31.2 Å². The van der Waals surface area contributed by atoms with Crippen LogP contribution in [0.3, 0.4) is 0 Å². The Morgan fingerprint density at radius 1 is 1.19 bits per heavy atom. The molecule has 1 heterocycles. The Hall–Kier alpha value is -2.51. The van der Waals surface area contributed by atoms with E-state index in [0.29, 0.717) is 30.0 Å². The summed E-state index contributed by atoms with van der Waals surface area (Å²) in [6, 6.07) is 13.9. The van der Waals surface area contributed by atoms with Crippen molar-refractivity contribution in [1.82, 2.24) is 4.72 Å². The summed E-state index contributed by atoms with van der Waals surface area (Å²) in [5, 5.41) is 2.83. The van der Waals surface area contributed by atoms with Gasteiger partial charge in [0.05, 0.1) is 17.9 Å². The number of nitrogens with one attached hydrogen (secondary N) is 2. The molecule has 0 aromatic heterocycles. The van der Waals surface area contributed by atoms with Gasteiger partial charge in [0.1, 0.15) is 17.0 Å². The van der Waals surface area contributed by atoms with Crippen LogP contribution in [-0.4, -0.2) is 28.7 Å². The number of benzene rings is 2. The third kappa shape index (κ3) is 4.56. The molecule has 1 saturated heterocycles. The van der Waals surface area contributed by atoms with Crippen molar-refractivity contribution in [3.05, 3.63) is 59.7 Å². The second-order valence-corrected chi connectivity index (χ2v) is 7.32. The molecule has 26 heavy (non-hydrogen) atoms. The molecule has 1 aliphatic heterocycles. The average molecular weight is 372 g/mol. The number of anilines is 1. The van der Waals surface area contributed by atoms with E-state index in [1.165, 1.54) is 0 Å². The molecule has 7 heteroatoms. The summed E-state index contributed by atoms with van der Waals surface area (Å²) in [4.78, 5) is 24.1. The molecular weight excluding hydrogens is 352 g/mol. The Bertz CT molecular complexity index is 836. The van der Waals surface area contributed by atoms with Crippen LogP contribution in [0.25, 0.3) is 0 Å². The van der Waals surface area contributed by atoms with Crippen LogP contribution in [0.5, 0.6) is 0 Å². The Labute approximate surface area is 154 Å². The summed E-state index contributed by atoms with van der Waals surface area (Å²) in [5.74, 6) is -0.488. The average Bonchev–Trinajstić information content (AvgIpc) is 3.02. The molecular formula is C19H20N2O4S. The Morgan fingerprint density at radius 2 is 1.92 bits per heavy atom. The van der Waals surface area contributed by atoms with Crippen molar-refractivity contribution in [2.24, 2.45) is 0 Å². The fourth-order valence-electron chi connectivity index (χ4n) is 2.65. The van der Waals surface area contributed by atoms with Crippen molar-refractivity contribution in [2.45, 2.75) is 30.7 Å². The van der Waals surface area contributed by atoms with Gasteiger partial charge in [-0.3, -0.25) is 9.59 Å². The van der Waals surface area contributed by atoms with E-state index in [1.54, 1.807) is 24.3 Å². The minimum Gasteiger partial charge on any atom is -0.464 e. The minimum atomic E-state index is -1.51. The number of hydrogen-bond donors (Lipinski definition) is 2. The zero-order chi connectivity index (χ0) is 18.5. The summed E-state index contributed by atoms with van der Waals surface area (Å²) in [6.45, 7) is 2.32. The Balaban J connectivity index is 1.57. The van der Waals surface area contributed by atoms with Crippen molar-refractivity contribution < 1.29 is 18.5 Å². The number of carbonyl (C=O) groups excluding carboxylic acids is 2. The van der Waals surface area contributed by atoms with Gasteiger partial charge in [-0.05, 0) is 42.3 Å². The van der Waals surface area contributed by atoms with Crippen molar-refractivity contribution in [3.8, 4) is 0 Å². The highest BCUT2D eigenvalue weighted by Gasteiger charge is 2.28. The molecule has 0 spiro atoms. The molecule has 2 unspecified atom stereocenters. The highest BCUT2D eigenvalue weighted by Crippen LogP contribution is 2.15. The van der Waals surface area contributed by atoms with Crippen LogP contribution >= 0.6 is 0 Å². The molecule has 2 N–H and O–H groups in total. The first-order valence-corrected chi connectivity index (χ1v) is 9.47. The number of cyclic esters (lactones) is 1. The van der Waals surface area contributed by atoms with Crippen LogP contribution in [0.1, 0.15) is 17.5 Å². The van der Waals surface area contributed by atoms with E-state index >= 15 is 0 Å². The monoisotopic (exact) mass is 372 g/mol. The minimum absolute atomic E-state index is 0.111. The van der Waals surface area contributed by atoms with Gasteiger partial charge < -0.3 is 10.1 Å². The molecule has 0 bridgehead atoms. The standard InChI is InChI=1S/C19H20N2O4S/c1-13-4-2-3-5-14(13)12-18(22)20-15-6-8-16(9-7-15)26(24)21-17-10-11-25-19(17)23/h2-9,17,21H,10-12H2,1H3,(H,20,22). The maximum atomic E-state index is 12.3. The van der Waals surface area contributed by atoms with E-state index in [9.17, 15) is 13.8 Å². The van der Waals surface area contributed by atoms with Crippen LogP contribution in [0, 0.1) is 6.92 Å². The Kier molecular flexibility index (Phi) is 5.80. The van der Waals surface area contributed by atoms with Crippen LogP contribution in [-0.2, 0) is 31.7 Å². The normalized spacial score (nSPS) is 17.6. The third-order valence-electron chi connectivity index (χ3n) is 4.15. The van der Waals surface area contributed by atoms with Gasteiger partial charge in [0.15, 0.2) is 0 Å². The van der Waals surface area contributed by atoms with Crippen LogP contribution in [0.4, 0.5) is 5.69 Å². The van der Waals surface area contributed by atoms with Crippen molar-refractivity contribution in [1.29, 1.82) is 0 Å². The van der Waals surface area contributed by atoms with Crippen molar-refractivity contribution in [3.63, 3.8) is 0 Å².